The molecule has 1 aliphatic heterocycles. The van der Waals surface area contributed by atoms with Crippen molar-refractivity contribution < 1.29 is 19.1 Å². The summed E-state index contributed by atoms with van der Waals surface area (Å²) < 4.78 is 10.3. The molecule has 1 heterocycles. The second kappa shape index (κ2) is 8.02. The molecular weight excluding hydrogens is 353 g/mol. The van der Waals surface area contributed by atoms with Gasteiger partial charge in [0.15, 0.2) is 6.61 Å². The Morgan fingerprint density at radius 1 is 1.27 bits per heavy atom. The topological polar surface area (TPSA) is 64.6 Å². The Kier molecular flexibility index (Phi) is 6.32. The second-order valence-electron chi connectivity index (χ2n) is 4.73. The van der Waals surface area contributed by atoms with Crippen LogP contribution < -0.4 is 5.32 Å². The number of hydrogen-bond donors (Lipinski definition) is 1. The maximum atomic E-state index is 11.9. The van der Waals surface area contributed by atoms with Gasteiger partial charge in [0, 0.05) is 13.2 Å². The Labute approximate surface area is 142 Å². The number of benzene rings is 1. The lowest BCUT2D eigenvalue weighted by atomic mass is 10.2. The zero-order valence-electron chi connectivity index (χ0n) is 11.5. The molecule has 0 aliphatic carbocycles. The summed E-state index contributed by atoms with van der Waals surface area (Å²) >= 11 is 17.6. The Bertz CT molecular complexity index is 573. The quantitative estimate of drug-likeness (QED) is 0.642. The van der Waals surface area contributed by atoms with E-state index < -0.39 is 18.5 Å². The van der Waals surface area contributed by atoms with Crippen molar-refractivity contribution in [3.63, 3.8) is 0 Å². The Morgan fingerprint density at radius 2 is 2.00 bits per heavy atom. The molecule has 120 valence electrons. The van der Waals surface area contributed by atoms with E-state index in [1.165, 1.54) is 12.1 Å². The van der Waals surface area contributed by atoms with E-state index in [0.717, 1.165) is 12.8 Å². The predicted octanol–water partition coefficient (Wildman–Crippen LogP) is 3.10. The molecule has 1 atom stereocenters. The molecular formula is C14H14Cl3NO4. The van der Waals surface area contributed by atoms with Gasteiger partial charge in [0.1, 0.15) is 0 Å². The minimum absolute atomic E-state index is 0.000990. The average Bonchev–Trinajstić information content (AvgIpc) is 3.00. The summed E-state index contributed by atoms with van der Waals surface area (Å²) in [5.74, 6) is -1.22. The average molecular weight is 367 g/mol. The standard InChI is InChI=1S/C14H14Cl3NO4/c15-9-3-4-10(16)13(17)12(9)14(20)22-7-11(19)18-6-8-2-1-5-21-8/h3-4,8H,1-2,5-7H2,(H,18,19)/t8-/m0/s1. The molecule has 1 N–H and O–H groups in total. The third-order valence-corrected chi connectivity index (χ3v) is 4.25. The highest BCUT2D eigenvalue weighted by molar-refractivity contribution is 6.46. The molecule has 1 aliphatic rings. The van der Waals surface area contributed by atoms with Crippen LogP contribution in [0.2, 0.25) is 15.1 Å². The van der Waals surface area contributed by atoms with Gasteiger partial charge in [-0.15, -0.1) is 0 Å². The second-order valence-corrected chi connectivity index (χ2v) is 5.93. The summed E-state index contributed by atoms with van der Waals surface area (Å²) in [7, 11) is 0. The highest BCUT2D eigenvalue weighted by Crippen LogP contribution is 2.31. The first kappa shape index (κ1) is 17.3. The van der Waals surface area contributed by atoms with E-state index in [-0.39, 0.29) is 26.7 Å². The molecule has 0 aromatic heterocycles. The van der Waals surface area contributed by atoms with Gasteiger partial charge in [-0.25, -0.2) is 4.79 Å². The molecule has 0 unspecified atom stereocenters. The van der Waals surface area contributed by atoms with Crippen molar-refractivity contribution in [3.8, 4) is 0 Å². The minimum Gasteiger partial charge on any atom is -0.452 e. The SMILES string of the molecule is O=C(COC(=O)c1c(Cl)ccc(Cl)c1Cl)NC[C@@H]1CCCO1. The smallest absolute Gasteiger partial charge is 0.341 e. The van der Waals surface area contributed by atoms with Crippen molar-refractivity contribution >= 4 is 46.7 Å². The summed E-state index contributed by atoms with van der Waals surface area (Å²) in [6.45, 7) is 0.682. The molecule has 0 spiro atoms. The number of halogens is 3. The first-order valence-corrected chi connectivity index (χ1v) is 7.81. The fourth-order valence-electron chi connectivity index (χ4n) is 2.00. The number of nitrogens with one attached hydrogen (secondary N) is 1. The van der Waals surface area contributed by atoms with E-state index >= 15 is 0 Å². The van der Waals surface area contributed by atoms with Crippen LogP contribution >= 0.6 is 34.8 Å². The van der Waals surface area contributed by atoms with Crippen molar-refractivity contribution in [1.82, 2.24) is 5.32 Å². The van der Waals surface area contributed by atoms with Crippen molar-refractivity contribution in [1.29, 1.82) is 0 Å². The summed E-state index contributed by atoms with van der Waals surface area (Å²) in [5, 5.41) is 2.93. The lowest BCUT2D eigenvalue weighted by Gasteiger charge is -2.11. The van der Waals surface area contributed by atoms with Gasteiger partial charge in [-0.2, -0.15) is 0 Å². The molecule has 0 saturated carbocycles. The van der Waals surface area contributed by atoms with E-state index in [9.17, 15) is 9.59 Å². The minimum atomic E-state index is -0.801. The van der Waals surface area contributed by atoms with Gasteiger partial charge in [0.2, 0.25) is 0 Å². The Morgan fingerprint density at radius 3 is 2.68 bits per heavy atom. The molecule has 1 amide bonds. The van der Waals surface area contributed by atoms with Gasteiger partial charge in [0.25, 0.3) is 5.91 Å². The molecule has 1 aromatic carbocycles. The molecule has 1 fully saturated rings. The molecule has 22 heavy (non-hydrogen) atoms. The van der Waals surface area contributed by atoms with Crippen molar-refractivity contribution in [2.75, 3.05) is 19.8 Å². The normalized spacial score (nSPS) is 17.3. The fraction of sp³-hybridized carbons (Fsp3) is 0.429. The Balaban J connectivity index is 1.84. The van der Waals surface area contributed by atoms with Gasteiger partial charge in [-0.3, -0.25) is 4.79 Å². The molecule has 1 aromatic rings. The van der Waals surface area contributed by atoms with Crippen molar-refractivity contribution in [2.24, 2.45) is 0 Å². The van der Waals surface area contributed by atoms with E-state index in [1.807, 2.05) is 0 Å². The molecule has 2 rings (SSSR count). The number of esters is 1. The van der Waals surface area contributed by atoms with Crippen LogP contribution in [0.5, 0.6) is 0 Å². The highest BCUT2D eigenvalue weighted by Gasteiger charge is 2.20. The number of carbonyl (C=O) groups is 2. The maximum Gasteiger partial charge on any atom is 0.341 e. The number of carbonyl (C=O) groups excluding carboxylic acids is 2. The number of ether oxygens (including phenoxy) is 2. The van der Waals surface area contributed by atoms with Gasteiger partial charge in [-0.1, -0.05) is 34.8 Å². The van der Waals surface area contributed by atoms with Crippen LogP contribution in [0.15, 0.2) is 12.1 Å². The van der Waals surface area contributed by atoms with Crippen molar-refractivity contribution in [2.45, 2.75) is 18.9 Å². The zero-order chi connectivity index (χ0) is 16.1. The van der Waals surface area contributed by atoms with Crippen molar-refractivity contribution in [3.05, 3.63) is 32.8 Å². The van der Waals surface area contributed by atoms with Crippen LogP contribution in [0.1, 0.15) is 23.2 Å². The third-order valence-electron chi connectivity index (χ3n) is 3.13. The third kappa shape index (κ3) is 4.49. The van der Waals surface area contributed by atoms with Gasteiger partial charge in [0.05, 0.1) is 26.7 Å². The monoisotopic (exact) mass is 365 g/mol. The lowest BCUT2D eigenvalue weighted by molar-refractivity contribution is -0.124. The fourth-order valence-corrected chi connectivity index (χ4v) is 2.68. The molecule has 1 saturated heterocycles. The van der Waals surface area contributed by atoms with E-state index in [0.29, 0.717) is 13.2 Å². The summed E-state index contributed by atoms with van der Waals surface area (Å²) in [5.41, 5.74) is -0.0530. The van der Waals surface area contributed by atoms with Crippen LogP contribution in [0.3, 0.4) is 0 Å². The number of amides is 1. The predicted molar refractivity (Wildman–Crippen MR) is 83.7 cm³/mol. The van der Waals surface area contributed by atoms with E-state index in [2.05, 4.69) is 5.32 Å². The number of hydrogen-bond acceptors (Lipinski definition) is 4. The molecule has 8 heteroatoms. The lowest BCUT2D eigenvalue weighted by Crippen LogP contribution is -2.34. The van der Waals surface area contributed by atoms with Gasteiger partial charge >= 0.3 is 5.97 Å². The molecule has 5 nitrogen and oxygen atoms in total. The summed E-state index contributed by atoms with van der Waals surface area (Å²) in [6.07, 6.45) is 1.92. The van der Waals surface area contributed by atoms with Crippen LogP contribution in [0.4, 0.5) is 0 Å². The van der Waals surface area contributed by atoms with Crippen LogP contribution in [-0.2, 0) is 14.3 Å². The van der Waals surface area contributed by atoms with Crippen LogP contribution in [-0.4, -0.2) is 37.7 Å². The van der Waals surface area contributed by atoms with Crippen LogP contribution in [0, 0.1) is 0 Å². The van der Waals surface area contributed by atoms with E-state index in [4.69, 9.17) is 44.3 Å². The van der Waals surface area contributed by atoms with E-state index in [1.54, 1.807) is 0 Å². The number of rotatable bonds is 5. The molecule has 0 radical (unpaired) electrons. The van der Waals surface area contributed by atoms with Gasteiger partial charge in [-0.05, 0) is 25.0 Å². The van der Waals surface area contributed by atoms with Crippen LogP contribution in [0.25, 0.3) is 0 Å². The zero-order valence-corrected chi connectivity index (χ0v) is 13.8. The first-order chi connectivity index (χ1) is 10.5. The van der Waals surface area contributed by atoms with Gasteiger partial charge < -0.3 is 14.8 Å². The largest absolute Gasteiger partial charge is 0.452 e. The summed E-state index contributed by atoms with van der Waals surface area (Å²) in [4.78, 5) is 23.6. The Hall–Kier alpha value is -1.01. The molecule has 0 bridgehead atoms. The first-order valence-electron chi connectivity index (χ1n) is 6.68. The summed E-state index contributed by atoms with van der Waals surface area (Å²) in [6, 6.07) is 2.90. The maximum absolute atomic E-state index is 11.9. The highest BCUT2D eigenvalue weighted by atomic mass is 35.5.